The largest absolute Gasteiger partial charge is 0.417 e. The van der Waals surface area contributed by atoms with Gasteiger partial charge in [0.1, 0.15) is 5.60 Å². The van der Waals surface area contributed by atoms with E-state index in [-0.39, 0.29) is 12.1 Å². The molecule has 0 radical (unpaired) electrons. The van der Waals surface area contributed by atoms with Gasteiger partial charge in [0.25, 0.3) is 0 Å². The first kappa shape index (κ1) is 12.9. The maximum atomic E-state index is 12.8. The monoisotopic (exact) mass is 256 g/mol. The smallest absolute Gasteiger partial charge is 0.384 e. The van der Waals surface area contributed by atoms with E-state index in [1.807, 2.05) is 0 Å². The van der Waals surface area contributed by atoms with Gasteiger partial charge >= 0.3 is 6.18 Å². The van der Waals surface area contributed by atoms with Crippen molar-refractivity contribution < 1.29 is 18.3 Å². The summed E-state index contributed by atoms with van der Waals surface area (Å²) >= 11 is 0. The van der Waals surface area contributed by atoms with E-state index in [0.717, 1.165) is 12.1 Å². The molecule has 18 heavy (non-hydrogen) atoms. The lowest BCUT2D eigenvalue weighted by atomic mass is 9.90. The summed E-state index contributed by atoms with van der Waals surface area (Å²) in [6, 6.07) is 4.86. The Kier molecular flexibility index (Phi) is 3.05. The standard InChI is InChI=1S/C12H11F3N2O/c13-12(14,15)10-5-9(2-1-8(10)6-16)11(18)3-4-17-7-11/h1-2,5,17-18H,3-4,7H2. The molecule has 3 nitrogen and oxygen atoms in total. The van der Waals surface area contributed by atoms with Gasteiger partial charge in [-0.05, 0) is 30.7 Å². The molecule has 6 heteroatoms. The van der Waals surface area contributed by atoms with Crippen LogP contribution in [-0.2, 0) is 11.8 Å². The van der Waals surface area contributed by atoms with Crippen LogP contribution < -0.4 is 5.32 Å². The second kappa shape index (κ2) is 4.26. The lowest BCUT2D eigenvalue weighted by Crippen LogP contribution is -2.28. The molecule has 1 fully saturated rings. The number of hydrogen-bond donors (Lipinski definition) is 2. The minimum Gasteiger partial charge on any atom is -0.384 e. The molecule has 0 bridgehead atoms. The number of halogens is 3. The lowest BCUT2D eigenvalue weighted by molar-refractivity contribution is -0.137. The average Bonchev–Trinajstić information content (AvgIpc) is 2.75. The first-order chi connectivity index (χ1) is 8.37. The molecule has 2 rings (SSSR count). The average molecular weight is 256 g/mol. The van der Waals surface area contributed by atoms with E-state index in [1.54, 1.807) is 0 Å². The molecule has 96 valence electrons. The Balaban J connectivity index is 2.50. The summed E-state index contributed by atoms with van der Waals surface area (Å²) in [6.45, 7) is 0.772. The third-order valence-corrected chi connectivity index (χ3v) is 3.12. The van der Waals surface area contributed by atoms with Crippen LogP contribution in [0.3, 0.4) is 0 Å². The van der Waals surface area contributed by atoms with Crippen LogP contribution in [0.1, 0.15) is 23.1 Å². The molecule has 1 heterocycles. The molecule has 1 aliphatic rings. The fourth-order valence-electron chi connectivity index (χ4n) is 2.09. The Hall–Kier alpha value is -1.58. The van der Waals surface area contributed by atoms with Crippen molar-refractivity contribution >= 4 is 0 Å². The van der Waals surface area contributed by atoms with Gasteiger partial charge in [0, 0.05) is 6.54 Å². The molecular weight excluding hydrogens is 245 g/mol. The van der Waals surface area contributed by atoms with Gasteiger partial charge in [0.2, 0.25) is 0 Å². The van der Waals surface area contributed by atoms with Crippen molar-refractivity contribution in [2.45, 2.75) is 18.2 Å². The molecule has 1 aliphatic heterocycles. The van der Waals surface area contributed by atoms with Crippen molar-refractivity contribution in [2.24, 2.45) is 0 Å². The molecule has 2 N–H and O–H groups in total. The summed E-state index contributed by atoms with van der Waals surface area (Å²) in [5.41, 5.74) is -2.52. The fraction of sp³-hybridized carbons (Fsp3) is 0.417. The van der Waals surface area contributed by atoms with Crippen LogP contribution in [0.25, 0.3) is 0 Å². The van der Waals surface area contributed by atoms with Crippen LogP contribution in [0.5, 0.6) is 0 Å². The van der Waals surface area contributed by atoms with Crippen LogP contribution in [-0.4, -0.2) is 18.2 Å². The summed E-state index contributed by atoms with van der Waals surface area (Å²) in [5.74, 6) is 0. The Morgan fingerprint density at radius 2 is 2.11 bits per heavy atom. The van der Waals surface area contributed by atoms with Gasteiger partial charge in [-0.25, -0.2) is 0 Å². The lowest BCUT2D eigenvalue weighted by Gasteiger charge is -2.23. The highest BCUT2D eigenvalue weighted by Crippen LogP contribution is 2.36. The number of hydrogen-bond acceptors (Lipinski definition) is 3. The summed E-state index contributed by atoms with van der Waals surface area (Å²) in [5, 5.41) is 21.8. The van der Waals surface area contributed by atoms with Crippen molar-refractivity contribution in [1.82, 2.24) is 5.32 Å². The molecule has 1 aromatic carbocycles. The number of benzene rings is 1. The second-order valence-electron chi connectivity index (χ2n) is 4.33. The third kappa shape index (κ3) is 2.19. The highest BCUT2D eigenvalue weighted by Gasteiger charge is 2.38. The molecule has 1 saturated heterocycles. The van der Waals surface area contributed by atoms with Crippen molar-refractivity contribution in [3.05, 3.63) is 34.9 Å². The number of β-amino-alcohol motifs (C(OH)–C–C–N with tert-alkyl or cyclic N) is 1. The number of aliphatic hydroxyl groups is 1. The van der Waals surface area contributed by atoms with E-state index in [9.17, 15) is 18.3 Å². The van der Waals surface area contributed by atoms with E-state index in [0.29, 0.717) is 13.0 Å². The number of alkyl halides is 3. The van der Waals surface area contributed by atoms with E-state index in [4.69, 9.17) is 5.26 Å². The van der Waals surface area contributed by atoms with Gasteiger partial charge in [-0.1, -0.05) is 6.07 Å². The molecule has 1 aromatic rings. The molecule has 1 atom stereocenters. The van der Waals surface area contributed by atoms with Gasteiger partial charge in [-0.3, -0.25) is 0 Å². The molecule has 0 saturated carbocycles. The van der Waals surface area contributed by atoms with Crippen LogP contribution >= 0.6 is 0 Å². The minimum atomic E-state index is -4.59. The topological polar surface area (TPSA) is 56.0 Å². The molecule has 0 aliphatic carbocycles. The molecule has 1 unspecified atom stereocenters. The van der Waals surface area contributed by atoms with Crippen molar-refractivity contribution in [3.8, 4) is 6.07 Å². The van der Waals surface area contributed by atoms with Crippen LogP contribution in [0.4, 0.5) is 13.2 Å². The molecule has 0 amide bonds. The van der Waals surface area contributed by atoms with Gasteiger partial charge in [0.15, 0.2) is 0 Å². The van der Waals surface area contributed by atoms with E-state index in [1.165, 1.54) is 12.1 Å². The zero-order valence-electron chi connectivity index (χ0n) is 9.38. The number of nitrogens with zero attached hydrogens (tertiary/aromatic N) is 1. The van der Waals surface area contributed by atoms with Gasteiger partial charge in [-0.2, -0.15) is 18.4 Å². The normalized spacial score (nSPS) is 23.9. The summed E-state index contributed by atoms with van der Waals surface area (Å²) in [4.78, 5) is 0. The Morgan fingerprint density at radius 3 is 2.61 bits per heavy atom. The number of rotatable bonds is 1. The maximum absolute atomic E-state index is 12.8. The Morgan fingerprint density at radius 1 is 1.39 bits per heavy atom. The highest BCUT2D eigenvalue weighted by molar-refractivity contribution is 5.43. The Labute approximate surface area is 102 Å². The first-order valence-corrected chi connectivity index (χ1v) is 5.42. The third-order valence-electron chi connectivity index (χ3n) is 3.12. The predicted octanol–water partition coefficient (Wildman–Crippen LogP) is 1.76. The predicted molar refractivity (Wildman–Crippen MR) is 57.5 cm³/mol. The molecule has 0 aromatic heterocycles. The summed E-state index contributed by atoms with van der Waals surface area (Å²) in [7, 11) is 0. The van der Waals surface area contributed by atoms with Crippen molar-refractivity contribution in [3.63, 3.8) is 0 Å². The zero-order chi connectivity index (χ0) is 13.4. The quantitative estimate of drug-likeness (QED) is 0.805. The fourth-order valence-corrected chi connectivity index (χ4v) is 2.09. The number of nitriles is 1. The van der Waals surface area contributed by atoms with E-state index < -0.39 is 22.9 Å². The summed E-state index contributed by atoms with van der Waals surface area (Å²) < 4.78 is 38.3. The van der Waals surface area contributed by atoms with Crippen LogP contribution in [0.15, 0.2) is 18.2 Å². The minimum absolute atomic E-state index is 0.193. The zero-order valence-corrected chi connectivity index (χ0v) is 9.38. The highest BCUT2D eigenvalue weighted by atomic mass is 19.4. The maximum Gasteiger partial charge on any atom is 0.417 e. The van der Waals surface area contributed by atoms with Gasteiger partial charge < -0.3 is 10.4 Å². The SMILES string of the molecule is N#Cc1ccc(C2(O)CCNC2)cc1C(F)(F)F. The van der Waals surface area contributed by atoms with Crippen LogP contribution in [0.2, 0.25) is 0 Å². The van der Waals surface area contributed by atoms with Crippen LogP contribution in [0, 0.1) is 11.3 Å². The van der Waals surface area contributed by atoms with E-state index >= 15 is 0 Å². The molecular formula is C12H11F3N2O. The van der Waals surface area contributed by atoms with Crippen molar-refractivity contribution in [1.29, 1.82) is 5.26 Å². The van der Waals surface area contributed by atoms with Gasteiger partial charge in [-0.15, -0.1) is 0 Å². The van der Waals surface area contributed by atoms with Crippen molar-refractivity contribution in [2.75, 3.05) is 13.1 Å². The van der Waals surface area contributed by atoms with E-state index in [2.05, 4.69) is 5.32 Å². The number of nitrogens with one attached hydrogen (secondary N) is 1. The Bertz CT molecular complexity index is 499. The van der Waals surface area contributed by atoms with Gasteiger partial charge in [0.05, 0.1) is 17.2 Å². The second-order valence-corrected chi connectivity index (χ2v) is 4.33. The molecule has 0 spiro atoms. The first-order valence-electron chi connectivity index (χ1n) is 5.42. The summed E-state index contributed by atoms with van der Waals surface area (Å²) in [6.07, 6.45) is -4.24.